The van der Waals surface area contributed by atoms with E-state index in [-0.39, 0.29) is 5.60 Å². The van der Waals surface area contributed by atoms with Crippen molar-refractivity contribution in [1.29, 1.82) is 0 Å². The van der Waals surface area contributed by atoms with Gasteiger partial charge in [-0.3, -0.25) is 0 Å². The second-order valence-corrected chi connectivity index (χ2v) is 6.41. The van der Waals surface area contributed by atoms with Crippen LogP contribution in [0.1, 0.15) is 51.9 Å². The molecule has 1 aliphatic heterocycles. The molecule has 0 bridgehead atoms. The van der Waals surface area contributed by atoms with Crippen LogP contribution >= 0.6 is 0 Å². The van der Waals surface area contributed by atoms with Gasteiger partial charge >= 0.3 is 0 Å². The van der Waals surface area contributed by atoms with E-state index in [0.29, 0.717) is 6.04 Å². The second-order valence-electron chi connectivity index (χ2n) is 6.41. The van der Waals surface area contributed by atoms with Gasteiger partial charge in [0.1, 0.15) is 0 Å². The van der Waals surface area contributed by atoms with Gasteiger partial charge in [0.05, 0.1) is 5.60 Å². The van der Waals surface area contributed by atoms with Crippen molar-refractivity contribution >= 4 is 0 Å². The predicted molar refractivity (Wildman–Crippen MR) is 65.1 cm³/mol. The van der Waals surface area contributed by atoms with Crippen molar-refractivity contribution in [2.45, 2.75) is 63.5 Å². The number of ether oxygens (including phenoxy) is 1. The second kappa shape index (κ2) is 3.99. The maximum absolute atomic E-state index is 6.48. The Balaban J connectivity index is 1.60. The summed E-state index contributed by atoms with van der Waals surface area (Å²) in [7, 11) is 0. The van der Waals surface area contributed by atoms with E-state index in [4.69, 9.17) is 10.5 Å². The van der Waals surface area contributed by atoms with Crippen molar-refractivity contribution < 1.29 is 4.74 Å². The topological polar surface area (TPSA) is 35.2 Å². The highest BCUT2D eigenvalue weighted by Crippen LogP contribution is 2.47. The quantitative estimate of drug-likeness (QED) is 0.798. The molecular weight excluding hydrogens is 198 g/mol. The number of rotatable bonds is 3. The van der Waals surface area contributed by atoms with Crippen LogP contribution in [-0.4, -0.2) is 18.2 Å². The van der Waals surface area contributed by atoms with E-state index in [1.165, 1.54) is 44.9 Å². The Morgan fingerprint density at radius 2 is 1.94 bits per heavy atom. The summed E-state index contributed by atoms with van der Waals surface area (Å²) < 4.78 is 5.98. The van der Waals surface area contributed by atoms with E-state index in [1.807, 2.05) is 0 Å². The van der Waals surface area contributed by atoms with Crippen molar-refractivity contribution in [3.8, 4) is 0 Å². The molecule has 3 fully saturated rings. The normalized spacial score (nSPS) is 36.8. The molecule has 0 amide bonds. The Kier molecular flexibility index (Phi) is 2.75. The molecule has 92 valence electrons. The van der Waals surface area contributed by atoms with Crippen LogP contribution in [0.3, 0.4) is 0 Å². The Morgan fingerprint density at radius 1 is 1.19 bits per heavy atom. The lowest BCUT2D eigenvalue weighted by molar-refractivity contribution is -0.147. The number of nitrogens with two attached hydrogens (primary N) is 1. The molecule has 3 rings (SSSR count). The van der Waals surface area contributed by atoms with Gasteiger partial charge in [-0.1, -0.05) is 6.92 Å². The molecule has 3 aliphatic rings. The van der Waals surface area contributed by atoms with E-state index < -0.39 is 0 Å². The first-order valence-corrected chi connectivity index (χ1v) is 7.10. The van der Waals surface area contributed by atoms with E-state index in [0.717, 1.165) is 24.4 Å². The van der Waals surface area contributed by atoms with Crippen LogP contribution in [0.2, 0.25) is 0 Å². The van der Waals surface area contributed by atoms with Gasteiger partial charge in [-0.25, -0.2) is 0 Å². The standard InChI is InChI=1S/C14H25NO/c1-10(11-3-4-11)13(15)12-5-8-16-14(9-12)6-2-7-14/h10-13H,2-9,15H2,1H3. The Bertz CT molecular complexity index is 257. The Hall–Kier alpha value is -0.0800. The lowest BCUT2D eigenvalue weighted by Gasteiger charge is -2.49. The van der Waals surface area contributed by atoms with Crippen molar-refractivity contribution in [3.63, 3.8) is 0 Å². The SMILES string of the molecule is CC(C1CC1)C(N)C1CCOC2(CCC2)C1. The molecule has 2 heteroatoms. The summed E-state index contributed by atoms with van der Waals surface area (Å²) >= 11 is 0. The summed E-state index contributed by atoms with van der Waals surface area (Å²) in [6.45, 7) is 3.32. The largest absolute Gasteiger partial charge is 0.375 e. The molecule has 2 N–H and O–H groups in total. The van der Waals surface area contributed by atoms with E-state index in [9.17, 15) is 0 Å². The van der Waals surface area contributed by atoms with Crippen molar-refractivity contribution in [1.82, 2.24) is 0 Å². The van der Waals surface area contributed by atoms with Crippen LogP contribution in [0.15, 0.2) is 0 Å². The average molecular weight is 223 g/mol. The van der Waals surface area contributed by atoms with Gasteiger partial charge in [0, 0.05) is 12.6 Å². The molecule has 0 aromatic rings. The molecule has 0 aromatic carbocycles. The summed E-state index contributed by atoms with van der Waals surface area (Å²) in [5.41, 5.74) is 6.74. The fourth-order valence-corrected chi connectivity index (χ4v) is 3.68. The van der Waals surface area contributed by atoms with Crippen LogP contribution in [-0.2, 0) is 4.74 Å². The van der Waals surface area contributed by atoms with Gasteiger partial charge in [-0.2, -0.15) is 0 Å². The molecule has 2 saturated carbocycles. The molecule has 0 radical (unpaired) electrons. The zero-order valence-corrected chi connectivity index (χ0v) is 10.5. The Labute approximate surface area is 98.9 Å². The number of hydrogen-bond donors (Lipinski definition) is 1. The first-order valence-electron chi connectivity index (χ1n) is 7.10. The lowest BCUT2D eigenvalue weighted by atomic mass is 9.69. The minimum Gasteiger partial charge on any atom is -0.375 e. The highest BCUT2D eigenvalue weighted by Gasteiger charge is 2.45. The van der Waals surface area contributed by atoms with Crippen molar-refractivity contribution in [3.05, 3.63) is 0 Å². The highest BCUT2D eigenvalue weighted by atomic mass is 16.5. The molecule has 16 heavy (non-hydrogen) atoms. The first-order chi connectivity index (χ1) is 7.70. The summed E-state index contributed by atoms with van der Waals surface area (Å²) in [5, 5.41) is 0. The average Bonchev–Trinajstić information content (AvgIpc) is 3.09. The summed E-state index contributed by atoms with van der Waals surface area (Å²) in [6.07, 6.45) is 9.21. The minimum absolute atomic E-state index is 0.268. The van der Waals surface area contributed by atoms with Crippen LogP contribution in [0, 0.1) is 17.8 Å². The maximum Gasteiger partial charge on any atom is 0.0685 e. The third-order valence-corrected chi connectivity index (χ3v) is 5.31. The van der Waals surface area contributed by atoms with E-state index in [2.05, 4.69) is 6.92 Å². The molecule has 1 saturated heterocycles. The highest BCUT2D eigenvalue weighted by molar-refractivity contribution is 4.98. The van der Waals surface area contributed by atoms with E-state index in [1.54, 1.807) is 0 Å². The molecule has 3 atom stereocenters. The molecule has 2 nitrogen and oxygen atoms in total. The fourth-order valence-electron chi connectivity index (χ4n) is 3.68. The smallest absolute Gasteiger partial charge is 0.0685 e. The molecule has 0 aromatic heterocycles. The van der Waals surface area contributed by atoms with Gasteiger partial charge in [-0.15, -0.1) is 0 Å². The number of hydrogen-bond acceptors (Lipinski definition) is 2. The van der Waals surface area contributed by atoms with Crippen molar-refractivity contribution in [2.24, 2.45) is 23.5 Å². The molecule has 1 spiro atoms. The third-order valence-electron chi connectivity index (χ3n) is 5.31. The summed E-state index contributed by atoms with van der Waals surface area (Å²) in [4.78, 5) is 0. The zero-order valence-electron chi connectivity index (χ0n) is 10.5. The van der Waals surface area contributed by atoms with Crippen LogP contribution < -0.4 is 5.73 Å². The monoisotopic (exact) mass is 223 g/mol. The van der Waals surface area contributed by atoms with Gasteiger partial charge in [0.15, 0.2) is 0 Å². The van der Waals surface area contributed by atoms with Gasteiger partial charge in [-0.05, 0) is 62.7 Å². The minimum atomic E-state index is 0.268. The fraction of sp³-hybridized carbons (Fsp3) is 1.00. The van der Waals surface area contributed by atoms with E-state index >= 15 is 0 Å². The molecular formula is C14H25NO. The van der Waals surface area contributed by atoms with Crippen molar-refractivity contribution in [2.75, 3.05) is 6.61 Å². The Morgan fingerprint density at radius 3 is 2.50 bits per heavy atom. The van der Waals surface area contributed by atoms with Gasteiger partial charge < -0.3 is 10.5 Å². The summed E-state index contributed by atoms with van der Waals surface area (Å²) in [5.74, 6) is 2.40. The molecule has 1 heterocycles. The zero-order chi connectivity index (χ0) is 11.2. The first kappa shape index (κ1) is 11.0. The molecule has 2 aliphatic carbocycles. The van der Waals surface area contributed by atoms with Crippen LogP contribution in [0.25, 0.3) is 0 Å². The molecule has 3 unspecified atom stereocenters. The van der Waals surface area contributed by atoms with Gasteiger partial charge in [0.25, 0.3) is 0 Å². The third kappa shape index (κ3) is 1.91. The van der Waals surface area contributed by atoms with Crippen LogP contribution in [0.4, 0.5) is 0 Å². The predicted octanol–water partition coefficient (Wildman–Crippen LogP) is 2.71. The van der Waals surface area contributed by atoms with Gasteiger partial charge in [0.2, 0.25) is 0 Å². The van der Waals surface area contributed by atoms with Crippen LogP contribution in [0.5, 0.6) is 0 Å². The lowest BCUT2D eigenvalue weighted by Crippen LogP contribution is -2.50. The summed E-state index contributed by atoms with van der Waals surface area (Å²) in [6, 6.07) is 0.425. The maximum atomic E-state index is 6.48.